The molecule has 2 aromatic heterocycles. The smallest absolute Gasteiger partial charge is 0.320 e. The van der Waals surface area contributed by atoms with Crippen LogP contribution in [0.3, 0.4) is 0 Å². The van der Waals surface area contributed by atoms with Gasteiger partial charge in [0, 0.05) is 47.0 Å². The summed E-state index contributed by atoms with van der Waals surface area (Å²) in [7, 11) is 0. The predicted octanol–water partition coefficient (Wildman–Crippen LogP) is 2.55. The lowest BCUT2D eigenvalue weighted by Crippen LogP contribution is -2.32. The normalized spacial score (nSPS) is 12.9. The molecule has 2 atom stereocenters. The Bertz CT molecular complexity index is 1210. The molecule has 4 rings (SSSR count). The average Bonchev–Trinajstić information content (AvgIpc) is 3.32. The molecule has 0 saturated carbocycles. The predicted molar refractivity (Wildman–Crippen MR) is 120 cm³/mol. The van der Waals surface area contributed by atoms with Crippen LogP contribution in [-0.2, 0) is 22.4 Å². The summed E-state index contributed by atoms with van der Waals surface area (Å²) in [5.74, 6) is -1.94. The lowest BCUT2D eigenvalue weighted by Gasteiger charge is -2.05. The van der Waals surface area contributed by atoms with Crippen molar-refractivity contribution in [1.82, 2.24) is 9.97 Å². The molecular weight excluding hydrogens is 396 g/mol. The van der Waals surface area contributed by atoms with Crippen LogP contribution in [0.15, 0.2) is 54.9 Å². The van der Waals surface area contributed by atoms with Crippen LogP contribution < -0.4 is 11.5 Å². The molecule has 2 heterocycles. The highest BCUT2D eigenvalue weighted by Gasteiger charge is 2.15. The van der Waals surface area contributed by atoms with Crippen LogP contribution in [0.25, 0.3) is 21.8 Å². The summed E-state index contributed by atoms with van der Waals surface area (Å²) in [6.45, 7) is 2.01. The topological polar surface area (TPSA) is 158 Å². The lowest BCUT2D eigenvalue weighted by molar-refractivity contribution is -0.139. The van der Waals surface area contributed by atoms with Gasteiger partial charge in [-0.05, 0) is 36.2 Å². The van der Waals surface area contributed by atoms with Crippen molar-refractivity contribution < 1.29 is 19.8 Å². The zero-order valence-electron chi connectivity index (χ0n) is 17.1. The first-order valence-corrected chi connectivity index (χ1v) is 9.84. The second kappa shape index (κ2) is 9.46. The van der Waals surface area contributed by atoms with E-state index in [0.29, 0.717) is 12.8 Å². The van der Waals surface area contributed by atoms with Crippen molar-refractivity contribution in [3.05, 3.63) is 71.5 Å². The first-order chi connectivity index (χ1) is 14.8. The monoisotopic (exact) mass is 422 g/mol. The summed E-state index contributed by atoms with van der Waals surface area (Å²) < 4.78 is 0. The van der Waals surface area contributed by atoms with E-state index in [4.69, 9.17) is 21.7 Å². The van der Waals surface area contributed by atoms with Crippen molar-refractivity contribution in [3.8, 4) is 0 Å². The van der Waals surface area contributed by atoms with Gasteiger partial charge >= 0.3 is 11.9 Å². The molecule has 2 aromatic carbocycles. The Hall–Kier alpha value is -3.62. The number of carboxylic acid groups (broad SMARTS) is 2. The zero-order valence-corrected chi connectivity index (χ0v) is 17.1. The molecule has 0 fully saturated rings. The standard InChI is InChI=1S/C12H14N2O2.C11H12N2O2/c1-7-2-3-11-9(4-7)8(6-14-11)5-10(13)12(15)16;12-9(11(14)15)5-7-6-13-10-4-2-1-3-8(7)10/h2-4,6,10,14H,5,13H2,1H3,(H,15,16);1-4,6,9,13H,5,12H2,(H,14,15)/t;9-/m.0/s1. The van der Waals surface area contributed by atoms with E-state index in [1.165, 1.54) is 0 Å². The molecule has 0 amide bonds. The molecule has 1 unspecified atom stereocenters. The third-order valence-electron chi connectivity index (χ3n) is 5.11. The van der Waals surface area contributed by atoms with E-state index >= 15 is 0 Å². The van der Waals surface area contributed by atoms with E-state index in [0.717, 1.165) is 38.5 Å². The highest BCUT2D eigenvalue weighted by Crippen LogP contribution is 2.21. The Morgan fingerprint density at radius 3 is 1.94 bits per heavy atom. The molecule has 162 valence electrons. The zero-order chi connectivity index (χ0) is 22.5. The van der Waals surface area contributed by atoms with Crippen molar-refractivity contribution in [2.45, 2.75) is 31.8 Å². The van der Waals surface area contributed by atoms with Crippen LogP contribution >= 0.6 is 0 Å². The molecule has 0 saturated heterocycles. The Labute approximate surface area is 178 Å². The maximum atomic E-state index is 10.7. The molecule has 31 heavy (non-hydrogen) atoms. The molecule has 8 N–H and O–H groups in total. The third kappa shape index (κ3) is 5.30. The minimum Gasteiger partial charge on any atom is -0.480 e. The highest BCUT2D eigenvalue weighted by molar-refractivity contribution is 5.85. The van der Waals surface area contributed by atoms with Crippen LogP contribution in [0.5, 0.6) is 0 Å². The Morgan fingerprint density at radius 2 is 1.35 bits per heavy atom. The van der Waals surface area contributed by atoms with Gasteiger partial charge in [-0.1, -0.05) is 29.8 Å². The molecule has 8 heteroatoms. The van der Waals surface area contributed by atoms with Gasteiger partial charge in [-0.25, -0.2) is 0 Å². The number of hydrogen-bond donors (Lipinski definition) is 6. The van der Waals surface area contributed by atoms with Crippen molar-refractivity contribution >= 4 is 33.7 Å². The van der Waals surface area contributed by atoms with E-state index in [2.05, 4.69) is 9.97 Å². The van der Waals surface area contributed by atoms with Crippen LogP contribution in [0.1, 0.15) is 16.7 Å². The third-order valence-corrected chi connectivity index (χ3v) is 5.11. The summed E-state index contributed by atoms with van der Waals surface area (Å²) in [5.41, 5.74) is 16.1. The maximum absolute atomic E-state index is 10.7. The number of para-hydroxylation sites is 1. The van der Waals surface area contributed by atoms with Gasteiger partial charge in [-0.3, -0.25) is 9.59 Å². The van der Waals surface area contributed by atoms with E-state index in [9.17, 15) is 9.59 Å². The minimum atomic E-state index is -0.972. The maximum Gasteiger partial charge on any atom is 0.320 e. The largest absolute Gasteiger partial charge is 0.480 e. The number of rotatable bonds is 6. The molecule has 0 aliphatic heterocycles. The van der Waals surface area contributed by atoms with Crippen LogP contribution in [0.4, 0.5) is 0 Å². The van der Waals surface area contributed by atoms with E-state index < -0.39 is 24.0 Å². The number of benzene rings is 2. The van der Waals surface area contributed by atoms with Gasteiger partial charge in [-0.2, -0.15) is 0 Å². The Balaban J connectivity index is 0.000000176. The Kier molecular flexibility index (Phi) is 6.74. The Morgan fingerprint density at radius 1 is 0.839 bits per heavy atom. The first kappa shape index (κ1) is 22.1. The summed E-state index contributed by atoms with van der Waals surface area (Å²) in [5, 5.41) is 19.6. The summed E-state index contributed by atoms with van der Waals surface area (Å²) >= 11 is 0. The molecular formula is C23H26N4O4. The number of H-pyrrole nitrogens is 2. The summed E-state index contributed by atoms with van der Waals surface area (Å²) in [6.07, 6.45) is 4.33. The summed E-state index contributed by atoms with van der Waals surface area (Å²) in [6, 6.07) is 12.1. The number of nitrogens with one attached hydrogen (secondary N) is 2. The number of aliphatic carboxylic acids is 2. The van der Waals surface area contributed by atoms with E-state index in [1.807, 2.05) is 61.8 Å². The van der Waals surface area contributed by atoms with Crippen molar-refractivity contribution in [2.75, 3.05) is 0 Å². The number of hydrogen-bond acceptors (Lipinski definition) is 4. The van der Waals surface area contributed by atoms with Gasteiger partial charge in [0.1, 0.15) is 12.1 Å². The molecule has 0 radical (unpaired) electrons. The summed E-state index contributed by atoms with van der Waals surface area (Å²) in [4.78, 5) is 27.5. The molecule has 0 bridgehead atoms. The molecule has 4 aromatic rings. The second-order valence-electron chi connectivity index (χ2n) is 7.52. The van der Waals surface area contributed by atoms with Crippen molar-refractivity contribution in [1.29, 1.82) is 0 Å². The van der Waals surface area contributed by atoms with Crippen LogP contribution in [-0.4, -0.2) is 44.2 Å². The van der Waals surface area contributed by atoms with Gasteiger partial charge in [0.05, 0.1) is 0 Å². The van der Waals surface area contributed by atoms with Gasteiger partial charge in [0.25, 0.3) is 0 Å². The lowest BCUT2D eigenvalue weighted by atomic mass is 10.0. The van der Waals surface area contributed by atoms with Crippen LogP contribution in [0.2, 0.25) is 0 Å². The fourth-order valence-electron chi connectivity index (χ4n) is 3.41. The van der Waals surface area contributed by atoms with Crippen molar-refractivity contribution in [2.24, 2.45) is 11.5 Å². The minimum absolute atomic E-state index is 0.346. The average molecular weight is 422 g/mol. The second-order valence-corrected chi connectivity index (χ2v) is 7.52. The SMILES string of the molecule is Cc1ccc2[nH]cc(CC(N)C(=O)O)c2c1.N[C@@H](Cc1c[nH]c2ccccc12)C(=O)O. The number of fused-ring (bicyclic) bond motifs is 2. The number of carboxylic acids is 2. The first-order valence-electron chi connectivity index (χ1n) is 9.84. The number of carbonyl (C=O) groups is 2. The van der Waals surface area contributed by atoms with Gasteiger partial charge in [0.2, 0.25) is 0 Å². The number of aromatic amines is 2. The van der Waals surface area contributed by atoms with E-state index in [1.54, 1.807) is 0 Å². The van der Waals surface area contributed by atoms with Crippen LogP contribution in [0, 0.1) is 6.92 Å². The highest BCUT2D eigenvalue weighted by atomic mass is 16.4. The quantitative estimate of drug-likeness (QED) is 0.280. The molecule has 8 nitrogen and oxygen atoms in total. The molecule has 0 spiro atoms. The van der Waals surface area contributed by atoms with E-state index in [-0.39, 0.29) is 0 Å². The number of aromatic nitrogens is 2. The van der Waals surface area contributed by atoms with Gasteiger partial charge in [0.15, 0.2) is 0 Å². The molecule has 0 aliphatic carbocycles. The van der Waals surface area contributed by atoms with Gasteiger partial charge < -0.3 is 31.6 Å². The fraction of sp³-hybridized carbons (Fsp3) is 0.217. The fourth-order valence-corrected chi connectivity index (χ4v) is 3.41. The number of aryl methyl sites for hydroxylation is 1. The van der Waals surface area contributed by atoms with Crippen molar-refractivity contribution in [3.63, 3.8) is 0 Å². The van der Waals surface area contributed by atoms with Gasteiger partial charge in [-0.15, -0.1) is 0 Å². The molecule has 0 aliphatic rings. The number of nitrogens with two attached hydrogens (primary N) is 2.